The van der Waals surface area contributed by atoms with Crippen molar-refractivity contribution in [1.82, 2.24) is 0 Å². The number of halogens is 2. The Balaban J connectivity index is 2.79. The maximum atomic E-state index is 13.4. The number of carbonyl (C=O) groups is 1. The second-order valence-corrected chi connectivity index (χ2v) is 6.04. The summed E-state index contributed by atoms with van der Waals surface area (Å²) in [5.41, 5.74) is 5.46. The molecule has 3 N–H and O–H groups in total. The fourth-order valence-corrected chi connectivity index (χ4v) is 2.39. The number of hydrogen-bond donors (Lipinski definition) is 2. The molecule has 1 aromatic rings. The first-order chi connectivity index (χ1) is 8.25. The van der Waals surface area contributed by atoms with Crippen LogP contribution in [0.3, 0.4) is 0 Å². The van der Waals surface area contributed by atoms with Crippen LogP contribution in [0.25, 0.3) is 0 Å². The number of carboxylic acid groups (broad SMARTS) is 1. The minimum atomic E-state index is -1.14. The molecule has 0 fully saturated rings. The van der Waals surface area contributed by atoms with Crippen LogP contribution in [0, 0.1) is 11.6 Å². The summed E-state index contributed by atoms with van der Waals surface area (Å²) >= 11 is 1.11. The molecule has 0 aliphatic heterocycles. The first kappa shape index (κ1) is 14.9. The molecule has 0 aliphatic rings. The second kappa shape index (κ2) is 5.67. The van der Waals surface area contributed by atoms with Crippen molar-refractivity contribution in [2.75, 3.05) is 0 Å². The summed E-state index contributed by atoms with van der Waals surface area (Å²) in [6, 6.07) is 2.52. The van der Waals surface area contributed by atoms with Crippen LogP contribution in [-0.4, -0.2) is 21.9 Å². The third-order valence-corrected chi connectivity index (χ3v) is 4.10. The van der Waals surface area contributed by atoms with Crippen molar-refractivity contribution in [3.05, 3.63) is 35.4 Å². The lowest BCUT2D eigenvalue weighted by molar-refractivity contribution is -0.139. The Kier molecular flexibility index (Phi) is 4.70. The Morgan fingerprint density at radius 2 is 1.94 bits per heavy atom. The van der Waals surface area contributed by atoms with Gasteiger partial charge in [-0.3, -0.25) is 4.79 Å². The van der Waals surface area contributed by atoms with Gasteiger partial charge in [0.2, 0.25) is 0 Å². The molecule has 0 spiro atoms. The smallest absolute Gasteiger partial charge is 0.321 e. The molecule has 0 amide bonds. The van der Waals surface area contributed by atoms with E-state index in [2.05, 4.69) is 0 Å². The van der Waals surface area contributed by atoms with Gasteiger partial charge in [-0.2, -0.15) is 0 Å². The van der Waals surface area contributed by atoms with Gasteiger partial charge in [-0.05, 0) is 26.0 Å². The van der Waals surface area contributed by atoms with Gasteiger partial charge in [0, 0.05) is 16.1 Å². The minimum Gasteiger partial charge on any atom is -0.480 e. The Hall–Kier alpha value is -1.14. The van der Waals surface area contributed by atoms with Gasteiger partial charge in [-0.15, -0.1) is 11.8 Å². The monoisotopic (exact) mass is 275 g/mol. The lowest BCUT2D eigenvalue weighted by Crippen LogP contribution is -2.46. The van der Waals surface area contributed by atoms with Gasteiger partial charge in [0.1, 0.15) is 17.7 Å². The average molecular weight is 275 g/mol. The van der Waals surface area contributed by atoms with Crippen LogP contribution < -0.4 is 5.73 Å². The molecule has 6 heteroatoms. The highest BCUT2D eigenvalue weighted by atomic mass is 32.2. The molecule has 0 saturated heterocycles. The molecule has 1 atom stereocenters. The van der Waals surface area contributed by atoms with Crippen LogP contribution in [-0.2, 0) is 10.5 Å². The summed E-state index contributed by atoms with van der Waals surface area (Å²) in [6.45, 7) is 3.27. The fraction of sp³-hybridized carbons (Fsp3) is 0.417. The van der Waals surface area contributed by atoms with Gasteiger partial charge in [-0.1, -0.05) is 6.07 Å². The largest absolute Gasteiger partial charge is 0.480 e. The van der Waals surface area contributed by atoms with Crippen LogP contribution >= 0.6 is 11.8 Å². The van der Waals surface area contributed by atoms with Crippen LogP contribution in [0.2, 0.25) is 0 Å². The number of benzene rings is 1. The zero-order chi connectivity index (χ0) is 13.9. The summed E-state index contributed by atoms with van der Waals surface area (Å²) in [7, 11) is 0. The average Bonchev–Trinajstić information content (AvgIpc) is 2.27. The van der Waals surface area contributed by atoms with E-state index in [1.165, 1.54) is 18.2 Å². The molecular weight excluding hydrogens is 260 g/mol. The van der Waals surface area contributed by atoms with E-state index in [9.17, 15) is 13.6 Å². The molecule has 0 aromatic heterocycles. The molecule has 0 radical (unpaired) electrons. The summed E-state index contributed by atoms with van der Waals surface area (Å²) in [4.78, 5) is 10.8. The number of hydrogen-bond acceptors (Lipinski definition) is 3. The molecule has 0 bridgehead atoms. The summed E-state index contributed by atoms with van der Waals surface area (Å²) in [5, 5.41) is 8.84. The zero-order valence-corrected chi connectivity index (χ0v) is 10.9. The zero-order valence-electron chi connectivity index (χ0n) is 10.1. The molecule has 0 unspecified atom stereocenters. The highest BCUT2D eigenvalue weighted by molar-refractivity contribution is 7.99. The molecule has 18 heavy (non-hydrogen) atoms. The van der Waals surface area contributed by atoms with E-state index < -0.39 is 28.4 Å². The third-order valence-electron chi connectivity index (χ3n) is 2.67. The first-order valence-corrected chi connectivity index (χ1v) is 6.29. The quantitative estimate of drug-likeness (QED) is 0.866. The van der Waals surface area contributed by atoms with Gasteiger partial charge in [0.25, 0.3) is 0 Å². The fourth-order valence-electron chi connectivity index (χ4n) is 1.32. The molecule has 100 valence electrons. The van der Waals surface area contributed by atoms with Crippen LogP contribution in [0.5, 0.6) is 0 Å². The predicted octanol–water partition coefficient (Wildman–Crippen LogP) is 2.39. The number of carboxylic acids is 1. The molecule has 1 aromatic carbocycles. The Labute approximate surface area is 108 Å². The maximum Gasteiger partial charge on any atom is 0.321 e. The van der Waals surface area contributed by atoms with Gasteiger partial charge in [0.05, 0.1) is 0 Å². The van der Waals surface area contributed by atoms with Crippen molar-refractivity contribution in [2.45, 2.75) is 30.4 Å². The standard InChI is InChI=1S/C12H15F2NO2S/c1-12(2,10(15)11(16)17)18-6-7-8(13)4-3-5-9(7)14/h3-5,10H,6,15H2,1-2H3,(H,16,17)/t10-/m0/s1. The van der Waals surface area contributed by atoms with Crippen molar-refractivity contribution in [2.24, 2.45) is 5.73 Å². The van der Waals surface area contributed by atoms with Gasteiger partial charge >= 0.3 is 5.97 Å². The molecule has 1 rings (SSSR count). The van der Waals surface area contributed by atoms with Crippen LogP contribution in [0.4, 0.5) is 8.78 Å². The van der Waals surface area contributed by atoms with E-state index in [1.807, 2.05) is 0 Å². The predicted molar refractivity (Wildman–Crippen MR) is 67.3 cm³/mol. The Morgan fingerprint density at radius 3 is 2.39 bits per heavy atom. The van der Waals surface area contributed by atoms with Gasteiger partial charge < -0.3 is 10.8 Å². The highest BCUT2D eigenvalue weighted by Crippen LogP contribution is 2.32. The van der Waals surface area contributed by atoms with E-state index >= 15 is 0 Å². The number of nitrogens with two attached hydrogens (primary N) is 1. The topological polar surface area (TPSA) is 63.3 Å². The lowest BCUT2D eigenvalue weighted by Gasteiger charge is -2.28. The van der Waals surface area contributed by atoms with Crippen LogP contribution in [0.1, 0.15) is 19.4 Å². The third kappa shape index (κ3) is 3.43. The van der Waals surface area contributed by atoms with E-state index in [0.717, 1.165) is 11.8 Å². The van der Waals surface area contributed by atoms with Gasteiger partial charge in [0.15, 0.2) is 0 Å². The minimum absolute atomic E-state index is 0.0342. The van der Waals surface area contributed by atoms with Crippen molar-refractivity contribution in [3.63, 3.8) is 0 Å². The molecule has 0 heterocycles. The van der Waals surface area contributed by atoms with Gasteiger partial charge in [-0.25, -0.2) is 8.78 Å². The number of rotatable bonds is 5. The molecular formula is C12H15F2NO2S. The van der Waals surface area contributed by atoms with E-state index in [0.29, 0.717) is 0 Å². The van der Waals surface area contributed by atoms with E-state index in [4.69, 9.17) is 10.8 Å². The summed E-state index contributed by atoms with van der Waals surface area (Å²) in [5.74, 6) is -2.38. The molecule has 3 nitrogen and oxygen atoms in total. The highest BCUT2D eigenvalue weighted by Gasteiger charge is 2.32. The normalized spacial score (nSPS) is 13.4. The number of aliphatic carboxylic acids is 1. The SMILES string of the molecule is CC(C)(SCc1c(F)cccc1F)[C@@H](N)C(=O)O. The van der Waals surface area contributed by atoms with Crippen molar-refractivity contribution < 1.29 is 18.7 Å². The molecule has 0 saturated carbocycles. The second-order valence-electron chi connectivity index (χ2n) is 4.41. The summed E-state index contributed by atoms with van der Waals surface area (Å²) in [6.07, 6.45) is 0. The Bertz CT molecular complexity index is 431. The molecule has 0 aliphatic carbocycles. The van der Waals surface area contributed by atoms with Crippen molar-refractivity contribution in [1.29, 1.82) is 0 Å². The maximum absolute atomic E-state index is 13.4. The van der Waals surface area contributed by atoms with Crippen LogP contribution in [0.15, 0.2) is 18.2 Å². The van der Waals surface area contributed by atoms with Crippen molar-refractivity contribution >= 4 is 17.7 Å². The Morgan fingerprint density at radius 1 is 1.44 bits per heavy atom. The summed E-state index contributed by atoms with van der Waals surface area (Å²) < 4.78 is 25.9. The van der Waals surface area contributed by atoms with E-state index in [1.54, 1.807) is 13.8 Å². The first-order valence-electron chi connectivity index (χ1n) is 5.31. The van der Waals surface area contributed by atoms with Crippen molar-refractivity contribution in [3.8, 4) is 0 Å². The number of thioether (sulfide) groups is 1. The van der Waals surface area contributed by atoms with E-state index in [-0.39, 0.29) is 11.3 Å². The lowest BCUT2D eigenvalue weighted by atomic mass is 10.1.